The van der Waals surface area contributed by atoms with Crippen LogP contribution in [0.1, 0.15) is 44.4 Å². The molecule has 0 fully saturated rings. The average Bonchev–Trinajstić information content (AvgIpc) is 2.48. The number of hydrogen-bond acceptors (Lipinski definition) is 2. The van der Waals surface area contributed by atoms with Crippen LogP contribution in [0.15, 0.2) is 60.7 Å². The van der Waals surface area contributed by atoms with Crippen molar-refractivity contribution in [2.75, 3.05) is 6.61 Å². The second-order valence-corrected chi connectivity index (χ2v) is 6.95. The van der Waals surface area contributed by atoms with E-state index in [1.165, 1.54) is 0 Å². The molecule has 2 rings (SSSR count). The number of rotatable bonds is 6. The number of benzene rings is 2. The molecule has 0 saturated carbocycles. The van der Waals surface area contributed by atoms with Gasteiger partial charge in [-0.2, -0.15) is 0 Å². The first kappa shape index (κ1) is 16.7. The maximum absolute atomic E-state index is 10.2. The van der Waals surface area contributed by atoms with Crippen molar-refractivity contribution in [1.82, 2.24) is 0 Å². The first-order valence-corrected chi connectivity index (χ1v) is 7.85. The van der Waals surface area contributed by atoms with Crippen molar-refractivity contribution in [2.45, 2.75) is 39.4 Å². The Bertz CT molecular complexity index is 503. The van der Waals surface area contributed by atoms with Gasteiger partial charge >= 0.3 is 0 Å². The highest BCUT2D eigenvalue weighted by Crippen LogP contribution is 2.27. The molecule has 1 unspecified atom stereocenters. The molecule has 2 nitrogen and oxygen atoms in total. The molecule has 0 amide bonds. The lowest BCUT2D eigenvalue weighted by molar-refractivity contribution is -0.00943. The van der Waals surface area contributed by atoms with Crippen molar-refractivity contribution >= 4 is 0 Å². The maximum atomic E-state index is 10.2. The number of ether oxygens (including phenoxy) is 1. The zero-order chi connectivity index (χ0) is 16.0. The van der Waals surface area contributed by atoms with Gasteiger partial charge in [0.25, 0.3) is 0 Å². The van der Waals surface area contributed by atoms with Gasteiger partial charge in [0.1, 0.15) is 6.10 Å². The predicted octanol–water partition coefficient (Wildman–Crippen LogP) is 4.59. The number of aliphatic hydroxyl groups is 1. The molecule has 1 atom stereocenters. The van der Waals surface area contributed by atoms with Crippen LogP contribution in [0.5, 0.6) is 0 Å². The molecule has 22 heavy (non-hydrogen) atoms. The summed E-state index contributed by atoms with van der Waals surface area (Å²) in [6.07, 6.45) is 0.135. The third kappa shape index (κ3) is 5.28. The first-order valence-electron chi connectivity index (χ1n) is 7.85. The van der Waals surface area contributed by atoms with Crippen molar-refractivity contribution < 1.29 is 9.84 Å². The fraction of sp³-hybridized carbons (Fsp3) is 0.400. The number of hydrogen-bond donors (Lipinski definition) is 1. The summed E-state index contributed by atoms with van der Waals surface area (Å²) >= 11 is 0. The Hall–Kier alpha value is -1.64. The molecule has 0 bridgehead atoms. The summed E-state index contributed by atoms with van der Waals surface area (Å²) in [7, 11) is 0. The van der Waals surface area contributed by atoms with Crippen LogP contribution in [-0.2, 0) is 4.74 Å². The Kier molecular flexibility index (Phi) is 5.76. The summed E-state index contributed by atoms with van der Waals surface area (Å²) in [4.78, 5) is 0. The van der Waals surface area contributed by atoms with Gasteiger partial charge in [-0.3, -0.25) is 0 Å². The van der Waals surface area contributed by atoms with E-state index in [-0.39, 0.29) is 11.5 Å². The van der Waals surface area contributed by atoms with Crippen LogP contribution in [0.2, 0.25) is 0 Å². The summed E-state index contributed by atoms with van der Waals surface area (Å²) < 4.78 is 6.07. The zero-order valence-electron chi connectivity index (χ0n) is 13.7. The van der Waals surface area contributed by atoms with Gasteiger partial charge in [-0.05, 0) is 23.0 Å². The first-order chi connectivity index (χ1) is 10.5. The molecule has 0 aromatic heterocycles. The molecule has 0 saturated heterocycles. The van der Waals surface area contributed by atoms with E-state index in [2.05, 4.69) is 45.0 Å². The average molecular weight is 298 g/mol. The highest BCUT2D eigenvalue weighted by molar-refractivity contribution is 5.29. The van der Waals surface area contributed by atoms with Gasteiger partial charge in [0.15, 0.2) is 0 Å². The van der Waals surface area contributed by atoms with Gasteiger partial charge in [-0.25, -0.2) is 0 Å². The number of aliphatic hydroxyl groups excluding tert-OH is 1. The molecule has 2 aromatic rings. The van der Waals surface area contributed by atoms with Crippen molar-refractivity contribution in [1.29, 1.82) is 0 Å². The minimum Gasteiger partial charge on any atom is -0.391 e. The summed E-state index contributed by atoms with van der Waals surface area (Å²) in [6, 6.07) is 20.3. The molecule has 0 aliphatic rings. The monoisotopic (exact) mass is 298 g/mol. The minimum absolute atomic E-state index is 0.0950. The van der Waals surface area contributed by atoms with Gasteiger partial charge in [0.2, 0.25) is 0 Å². The second-order valence-electron chi connectivity index (χ2n) is 6.95. The Balaban J connectivity index is 2.10. The van der Waals surface area contributed by atoms with E-state index in [1.807, 2.05) is 36.4 Å². The fourth-order valence-electron chi connectivity index (χ4n) is 2.61. The summed E-state index contributed by atoms with van der Waals surface area (Å²) in [5, 5.41) is 10.2. The van der Waals surface area contributed by atoms with E-state index in [9.17, 15) is 5.11 Å². The van der Waals surface area contributed by atoms with Gasteiger partial charge in [-0.1, -0.05) is 81.4 Å². The SMILES string of the molecule is CC(C)(C)CC(O)COC(c1ccccc1)c1ccccc1. The van der Waals surface area contributed by atoms with E-state index in [1.54, 1.807) is 0 Å². The van der Waals surface area contributed by atoms with E-state index in [4.69, 9.17) is 4.74 Å². The van der Waals surface area contributed by atoms with E-state index in [0.29, 0.717) is 6.61 Å². The van der Waals surface area contributed by atoms with Crippen molar-refractivity contribution in [2.24, 2.45) is 5.41 Å². The quantitative estimate of drug-likeness (QED) is 0.845. The largest absolute Gasteiger partial charge is 0.391 e. The summed E-state index contributed by atoms with van der Waals surface area (Å²) in [5.41, 5.74) is 2.31. The minimum atomic E-state index is -0.449. The van der Waals surface area contributed by atoms with Gasteiger partial charge in [0.05, 0.1) is 12.7 Å². The highest BCUT2D eigenvalue weighted by atomic mass is 16.5. The van der Waals surface area contributed by atoms with Gasteiger partial charge in [-0.15, -0.1) is 0 Å². The molecule has 2 heteroatoms. The lowest BCUT2D eigenvalue weighted by Crippen LogP contribution is -2.24. The van der Waals surface area contributed by atoms with E-state index >= 15 is 0 Å². The molecule has 1 N–H and O–H groups in total. The molecule has 0 spiro atoms. The van der Waals surface area contributed by atoms with Crippen LogP contribution >= 0.6 is 0 Å². The van der Waals surface area contributed by atoms with Crippen LogP contribution < -0.4 is 0 Å². The molecule has 0 heterocycles. The second kappa shape index (κ2) is 7.57. The molecule has 0 aliphatic carbocycles. The molecule has 2 aromatic carbocycles. The van der Waals surface area contributed by atoms with Gasteiger partial charge in [0, 0.05) is 0 Å². The standard InChI is InChI=1S/C20H26O2/c1-20(2,3)14-18(21)15-22-19(16-10-6-4-7-11-16)17-12-8-5-9-13-17/h4-13,18-19,21H,14-15H2,1-3H3. The van der Waals surface area contributed by atoms with Crippen LogP contribution in [0.4, 0.5) is 0 Å². The van der Waals surface area contributed by atoms with Crippen LogP contribution in [0.3, 0.4) is 0 Å². The zero-order valence-corrected chi connectivity index (χ0v) is 13.7. The Morgan fingerprint density at radius 2 is 1.32 bits per heavy atom. The van der Waals surface area contributed by atoms with Crippen molar-refractivity contribution in [3.63, 3.8) is 0 Å². The Labute approximate surface area is 133 Å². The summed E-state index contributed by atoms with van der Waals surface area (Å²) in [6.45, 7) is 6.72. The van der Waals surface area contributed by atoms with Crippen LogP contribution in [-0.4, -0.2) is 17.8 Å². The Morgan fingerprint density at radius 3 is 1.73 bits per heavy atom. The summed E-state index contributed by atoms with van der Waals surface area (Å²) in [5.74, 6) is 0. The molecule has 0 aliphatic heterocycles. The molecular weight excluding hydrogens is 272 g/mol. The smallest absolute Gasteiger partial charge is 0.108 e. The predicted molar refractivity (Wildman–Crippen MR) is 90.8 cm³/mol. The molecule has 0 radical (unpaired) electrons. The Morgan fingerprint density at radius 1 is 0.864 bits per heavy atom. The van der Waals surface area contributed by atoms with Crippen LogP contribution in [0.25, 0.3) is 0 Å². The fourth-order valence-corrected chi connectivity index (χ4v) is 2.61. The normalized spacial score (nSPS) is 13.3. The maximum Gasteiger partial charge on any atom is 0.108 e. The van der Waals surface area contributed by atoms with Crippen molar-refractivity contribution in [3.05, 3.63) is 71.8 Å². The van der Waals surface area contributed by atoms with Gasteiger partial charge < -0.3 is 9.84 Å². The van der Waals surface area contributed by atoms with Crippen LogP contribution in [0, 0.1) is 5.41 Å². The third-order valence-electron chi connectivity index (χ3n) is 3.51. The lowest BCUT2D eigenvalue weighted by Gasteiger charge is -2.25. The third-order valence-corrected chi connectivity index (χ3v) is 3.51. The van der Waals surface area contributed by atoms with E-state index in [0.717, 1.165) is 17.5 Å². The highest BCUT2D eigenvalue weighted by Gasteiger charge is 2.20. The lowest BCUT2D eigenvalue weighted by atomic mass is 9.89. The topological polar surface area (TPSA) is 29.5 Å². The molecule has 118 valence electrons. The van der Waals surface area contributed by atoms with E-state index < -0.39 is 6.10 Å². The van der Waals surface area contributed by atoms with Crippen molar-refractivity contribution in [3.8, 4) is 0 Å². The molecular formula is C20H26O2.